The molecule has 0 saturated carbocycles. The van der Waals surface area contributed by atoms with E-state index >= 15 is 0 Å². The molecule has 5 aromatic rings. The summed E-state index contributed by atoms with van der Waals surface area (Å²) in [6.45, 7) is 0.457. The van der Waals surface area contributed by atoms with Crippen molar-refractivity contribution >= 4 is 62.8 Å². The van der Waals surface area contributed by atoms with E-state index in [0.29, 0.717) is 33.0 Å². The maximum Gasteiger partial charge on any atom is 0.0826 e. The van der Waals surface area contributed by atoms with Crippen molar-refractivity contribution in [1.82, 2.24) is 20.0 Å². The third-order valence-electron chi connectivity index (χ3n) is 5.42. The number of nitrogens with one attached hydrogen (secondary N) is 1. The zero-order chi connectivity index (χ0) is 23.1. The van der Waals surface area contributed by atoms with E-state index in [-0.39, 0.29) is 0 Å². The van der Waals surface area contributed by atoms with Gasteiger partial charge >= 0.3 is 0 Å². The third-order valence-corrected chi connectivity index (χ3v) is 6.32. The normalized spacial score (nSPS) is 11.3. The minimum absolute atomic E-state index is 0.374. The summed E-state index contributed by atoms with van der Waals surface area (Å²) in [5.41, 5.74) is 11.4. The lowest BCUT2D eigenvalue weighted by Crippen LogP contribution is -2.26. The number of benzene rings is 3. The Morgan fingerprint density at radius 2 is 1.82 bits per heavy atom. The molecule has 0 aliphatic carbocycles. The molecule has 0 atom stereocenters. The molecule has 3 aromatic carbocycles. The highest BCUT2D eigenvalue weighted by atomic mass is 35.5. The van der Waals surface area contributed by atoms with Gasteiger partial charge in [-0.25, -0.2) is 5.84 Å². The van der Waals surface area contributed by atoms with E-state index in [1.807, 2.05) is 41.1 Å². The minimum Gasteiger partial charge on any atom is -0.396 e. The standard InChI is InChI=1S/C23H18Cl3N7/c24-16-3-1-14(18(25)9-16)12-32-21(5-6-30-32)15-7-19(26)23(27)22(8-15)33(28)17-4-2-13-11-29-31-20(13)10-17/h1-11H,12,27-28H2,(H,29,31). The number of hydrogen-bond donors (Lipinski definition) is 3. The fourth-order valence-corrected chi connectivity index (χ4v) is 4.36. The molecule has 0 aliphatic rings. The van der Waals surface area contributed by atoms with Crippen LogP contribution < -0.4 is 16.6 Å². The van der Waals surface area contributed by atoms with E-state index < -0.39 is 0 Å². The van der Waals surface area contributed by atoms with Crippen LogP contribution in [-0.4, -0.2) is 20.0 Å². The molecule has 0 saturated heterocycles. The summed E-state index contributed by atoms with van der Waals surface area (Å²) in [6.07, 6.45) is 3.47. The van der Waals surface area contributed by atoms with Crippen LogP contribution >= 0.6 is 34.8 Å². The molecule has 0 spiro atoms. The molecule has 0 radical (unpaired) electrons. The van der Waals surface area contributed by atoms with Gasteiger partial charge in [0.2, 0.25) is 0 Å². The Hall–Kier alpha value is -3.23. The first-order valence-corrected chi connectivity index (χ1v) is 11.1. The number of hydrazine groups is 1. The first kappa shape index (κ1) is 21.6. The fourth-order valence-electron chi connectivity index (χ4n) is 3.68. The molecule has 2 aromatic heterocycles. The highest BCUT2D eigenvalue weighted by molar-refractivity contribution is 6.35. The molecule has 5 rings (SSSR count). The SMILES string of the molecule is Nc1c(Cl)cc(-c2ccnn2Cc2ccc(Cl)cc2Cl)cc1N(N)c1ccc2cn[nH]c2c1. The Morgan fingerprint density at radius 3 is 2.64 bits per heavy atom. The Kier molecular flexibility index (Phi) is 5.64. The van der Waals surface area contributed by atoms with Crippen LogP contribution in [0.5, 0.6) is 0 Å². The molecule has 0 amide bonds. The molecule has 0 unspecified atom stereocenters. The zero-order valence-corrected chi connectivity index (χ0v) is 19.4. The molecule has 0 aliphatic heterocycles. The van der Waals surface area contributed by atoms with Gasteiger partial charge in [0.25, 0.3) is 0 Å². The van der Waals surface area contributed by atoms with Gasteiger partial charge in [0.05, 0.1) is 46.0 Å². The van der Waals surface area contributed by atoms with Gasteiger partial charge in [0.15, 0.2) is 0 Å². The summed E-state index contributed by atoms with van der Waals surface area (Å²) in [5.74, 6) is 6.47. The van der Waals surface area contributed by atoms with Crippen LogP contribution in [-0.2, 0) is 6.54 Å². The monoisotopic (exact) mass is 497 g/mol. The van der Waals surface area contributed by atoms with Gasteiger partial charge in [0.1, 0.15) is 0 Å². The molecule has 2 heterocycles. The number of H-pyrrole nitrogens is 1. The van der Waals surface area contributed by atoms with Gasteiger partial charge in [-0.2, -0.15) is 10.2 Å². The summed E-state index contributed by atoms with van der Waals surface area (Å²) >= 11 is 18.9. The van der Waals surface area contributed by atoms with Gasteiger partial charge < -0.3 is 5.73 Å². The predicted molar refractivity (Wildman–Crippen MR) is 135 cm³/mol. The van der Waals surface area contributed by atoms with Crippen molar-refractivity contribution in [3.05, 3.63) is 87.6 Å². The predicted octanol–water partition coefficient (Wildman–Crippen LogP) is 6.03. The Bertz CT molecular complexity index is 1470. The second kappa shape index (κ2) is 8.61. The van der Waals surface area contributed by atoms with Gasteiger partial charge in [-0.05, 0) is 54.1 Å². The van der Waals surface area contributed by atoms with Crippen LogP contribution in [0.25, 0.3) is 22.2 Å². The maximum absolute atomic E-state index is 6.51. The lowest BCUT2D eigenvalue weighted by atomic mass is 10.1. The molecule has 10 heteroatoms. The number of fused-ring (bicyclic) bond motifs is 1. The third kappa shape index (κ3) is 4.12. The summed E-state index contributed by atoms with van der Waals surface area (Å²) < 4.78 is 1.83. The zero-order valence-electron chi connectivity index (χ0n) is 17.1. The molecule has 166 valence electrons. The largest absolute Gasteiger partial charge is 0.396 e. The van der Waals surface area contributed by atoms with Crippen LogP contribution in [0, 0.1) is 0 Å². The fraction of sp³-hybridized carbons (Fsp3) is 0.0435. The molecule has 5 N–H and O–H groups in total. The number of aromatic amines is 1. The van der Waals surface area contributed by atoms with Crippen LogP contribution in [0.15, 0.2) is 67.0 Å². The number of anilines is 3. The van der Waals surface area contributed by atoms with Crippen LogP contribution in [0.2, 0.25) is 15.1 Å². The Balaban J connectivity index is 1.54. The molecular formula is C23H18Cl3N7. The molecule has 33 heavy (non-hydrogen) atoms. The van der Waals surface area contributed by atoms with E-state index in [4.69, 9.17) is 46.4 Å². The van der Waals surface area contributed by atoms with Crippen LogP contribution in [0.4, 0.5) is 17.1 Å². The van der Waals surface area contributed by atoms with Crippen molar-refractivity contribution in [3.63, 3.8) is 0 Å². The molecular weight excluding hydrogens is 481 g/mol. The number of nitrogens with zero attached hydrogens (tertiary/aromatic N) is 4. The molecule has 0 bridgehead atoms. The topological polar surface area (TPSA) is 102 Å². The highest BCUT2D eigenvalue weighted by Gasteiger charge is 2.17. The lowest BCUT2D eigenvalue weighted by Gasteiger charge is -2.22. The first-order chi connectivity index (χ1) is 15.9. The van der Waals surface area contributed by atoms with E-state index in [2.05, 4.69) is 15.3 Å². The van der Waals surface area contributed by atoms with Crippen molar-refractivity contribution in [2.24, 2.45) is 5.84 Å². The molecule has 0 fully saturated rings. The van der Waals surface area contributed by atoms with Crippen molar-refractivity contribution in [2.45, 2.75) is 6.54 Å². The highest BCUT2D eigenvalue weighted by Crippen LogP contribution is 2.38. The number of aromatic nitrogens is 4. The van der Waals surface area contributed by atoms with Crippen LogP contribution in [0.3, 0.4) is 0 Å². The summed E-state index contributed by atoms with van der Waals surface area (Å²) in [5, 5.41) is 15.5. The van der Waals surface area contributed by atoms with Gasteiger partial charge in [0, 0.05) is 27.2 Å². The van der Waals surface area contributed by atoms with E-state index in [1.165, 1.54) is 5.01 Å². The average Bonchev–Trinajstić information content (AvgIpc) is 3.46. The number of nitrogens with two attached hydrogens (primary N) is 2. The minimum atomic E-state index is 0.374. The van der Waals surface area contributed by atoms with Gasteiger partial charge in [-0.3, -0.25) is 14.8 Å². The summed E-state index contributed by atoms with van der Waals surface area (Å²) in [7, 11) is 0. The Labute approximate surface area is 204 Å². The summed E-state index contributed by atoms with van der Waals surface area (Å²) in [6, 6.07) is 16.7. The second-order valence-corrected chi connectivity index (χ2v) is 8.76. The Morgan fingerprint density at radius 1 is 0.970 bits per heavy atom. The van der Waals surface area contributed by atoms with Gasteiger partial charge in [-0.1, -0.05) is 40.9 Å². The maximum atomic E-state index is 6.51. The number of rotatable bonds is 5. The van der Waals surface area contributed by atoms with Crippen molar-refractivity contribution in [3.8, 4) is 11.3 Å². The van der Waals surface area contributed by atoms with Crippen molar-refractivity contribution in [2.75, 3.05) is 10.7 Å². The van der Waals surface area contributed by atoms with E-state index in [0.717, 1.165) is 33.4 Å². The number of halogens is 3. The number of hydrogen-bond acceptors (Lipinski definition) is 5. The van der Waals surface area contributed by atoms with Crippen molar-refractivity contribution < 1.29 is 0 Å². The summed E-state index contributed by atoms with van der Waals surface area (Å²) in [4.78, 5) is 0. The lowest BCUT2D eigenvalue weighted by molar-refractivity contribution is 0.694. The first-order valence-electron chi connectivity index (χ1n) is 9.94. The molecule has 7 nitrogen and oxygen atoms in total. The van der Waals surface area contributed by atoms with Crippen LogP contribution in [0.1, 0.15) is 5.56 Å². The van der Waals surface area contributed by atoms with Crippen molar-refractivity contribution in [1.29, 1.82) is 0 Å². The smallest absolute Gasteiger partial charge is 0.0826 e. The quantitative estimate of drug-likeness (QED) is 0.156. The van der Waals surface area contributed by atoms with E-state index in [1.54, 1.807) is 30.6 Å². The van der Waals surface area contributed by atoms with Gasteiger partial charge in [-0.15, -0.1) is 0 Å². The second-order valence-electron chi connectivity index (χ2n) is 7.51. The average molecular weight is 499 g/mol. The van der Waals surface area contributed by atoms with E-state index in [9.17, 15) is 0 Å². The number of nitrogen functional groups attached to an aromatic ring is 1.